The van der Waals surface area contributed by atoms with Gasteiger partial charge in [-0.3, -0.25) is 0 Å². The third kappa shape index (κ3) is 1.43. The summed E-state index contributed by atoms with van der Waals surface area (Å²) < 4.78 is 5.29. The van der Waals surface area contributed by atoms with Crippen molar-refractivity contribution in [1.82, 2.24) is 4.90 Å². The molecule has 0 N–H and O–H groups in total. The largest absolute Gasteiger partial charge is 0.379 e. The lowest BCUT2D eigenvalue weighted by molar-refractivity contribution is 0.169. The topological polar surface area (TPSA) is 12.5 Å². The summed E-state index contributed by atoms with van der Waals surface area (Å²) in [6.45, 7) is 4.08. The van der Waals surface area contributed by atoms with Gasteiger partial charge < -0.3 is 9.64 Å². The highest BCUT2D eigenvalue weighted by Gasteiger charge is 2.25. The van der Waals surface area contributed by atoms with Crippen molar-refractivity contribution in [3.8, 4) is 0 Å². The summed E-state index contributed by atoms with van der Waals surface area (Å²) in [6, 6.07) is 0.644. The van der Waals surface area contributed by atoms with Crippen LogP contribution >= 0.6 is 0 Å². The highest BCUT2D eigenvalue weighted by Crippen LogP contribution is 2.15. The van der Waals surface area contributed by atoms with Crippen molar-refractivity contribution in [2.45, 2.75) is 13.0 Å². The van der Waals surface area contributed by atoms with Gasteiger partial charge in [-0.15, -0.1) is 0 Å². The molecule has 0 radical (unpaired) electrons. The maximum atomic E-state index is 5.29. The van der Waals surface area contributed by atoms with Crippen LogP contribution < -0.4 is 0 Å². The molecule has 2 nitrogen and oxygen atoms in total. The molecule has 1 heterocycles. The second-order valence-corrected chi connectivity index (χ2v) is 3.05. The molecule has 0 spiro atoms. The summed E-state index contributed by atoms with van der Waals surface area (Å²) in [5, 5.41) is 0. The Morgan fingerprint density at radius 3 is 2.22 bits per heavy atom. The van der Waals surface area contributed by atoms with E-state index in [0.717, 1.165) is 13.2 Å². The maximum absolute atomic E-state index is 5.29. The third-order valence-electron chi connectivity index (χ3n) is 1.99. The van der Waals surface area contributed by atoms with Gasteiger partial charge in [-0.25, -0.2) is 0 Å². The zero-order chi connectivity index (χ0) is 6.85. The van der Waals surface area contributed by atoms with Crippen molar-refractivity contribution in [3.63, 3.8) is 0 Å². The van der Waals surface area contributed by atoms with Crippen LogP contribution in [0.5, 0.6) is 0 Å². The fraction of sp³-hybridized carbons (Fsp3) is 1.00. The van der Waals surface area contributed by atoms with Gasteiger partial charge in [0.05, 0.1) is 13.2 Å². The van der Waals surface area contributed by atoms with E-state index in [4.69, 9.17) is 4.74 Å². The average Bonchev–Trinajstić information content (AvgIpc) is 2.13. The van der Waals surface area contributed by atoms with E-state index in [-0.39, 0.29) is 0 Å². The molecule has 1 aliphatic heterocycles. The number of hydrogen-bond donors (Lipinski definition) is 0. The van der Waals surface area contributed by atoms with E-state index in [1.807, 2.05) is 0 Å². The van der Waals surface area contributed by atoms with Gasteiger partial charge in [0.15, 0.2) is 0 Å². The molecule has 0 saturated carbocycles. The first-order valence-corrected chi connectivity index (χ1v) is 3.46. The van der Waals surface area contributed by atoms with Crippen molar-refractivity contribution < 1.29 is 4.74 Å². The van der Waals surface area contributed by atoms with Gasteiger partial charge in [-0.1, -0.05) is 6.92 Å². The van der Waals surface area contributed by atoms with Crippen LogP contribution in [0.4, 0.5) is 0 Å². The molecule has 1 aliphatic rings. The van der Waals surface area contributed by atoms with E-state index in [1.54, 1.807) is 0 Å². The molecular weight excluding hydrogens is 114 g/mol. The van der Waals surface area contributed by atoms with Crippen molar-refractivity contribution in [2.24, 2.45) is 5.92 Å². The van der Waals surface area contributed by atoms with E-state index in [9.17, 15) is 0 Å². The third-order valence-corrected chi connectivity index (χ3v) is 1.99. The van der Waals surface area contributed by atoms with E-state index < -0.39 is 0 Å². The SMILES string of the molecule is CC1COC[C@H]1N(C)C. The monoisotopic (exact) mass is 129 g/mol. The molecule has 0 amide bonds. The number of likely N-dealkylation sites (N-methyl/N-ethyl adjacent to an activating group) is 1. The summed E-state index contributed by atoms with van der Waals surface area (Å²) in [7, 11) is 4.21. The van der Waals surface area contributed by atoms with Gasteiger partial charge in [0, 0.05) is 6.04 Å². The van der Waals surface area contributed by atoms with E-state index in [2.05, 4.69) is 25.9 Å². The van der Waals surface area contributed by atoms with Gasteiger partial charge in [0.1, 0.15) is 0 Å². The zero-order valence-electron chi connectivity index (χ0n) is 6.42. The van der Waals surface area contributed by atoms with Crippen LogP contribution in [0.15, 0.2) is 0 Å². The van der Waals surface area contributed by atoms with Crippen LogP contribution in [0.2, 0.25) is 0 Å². The Balaban J connectivity index is 2.40. The van der Waals surface area contributed by atoms with Crippen LogP contribution in [0, 0.1) is 5.92 Å². The first-order valence-electron chi connectivity index (χ1n) is 3.46. The quantitative estimate of drug-likeness (QED) is 0.513. The summed E-state index contributed by atoms with van der Waals surface area (Å²) in [6.07, 6.45) is 0. The van der Waals surface area contributed by atoms with Crippen LogP contribution in [-0.2, 0) is 4.74 Å². The second kappa shape index (κ2) is 2.67. The first-order chi connectivity index (χ1) is 4.22. The zero-order valence-corrected chi connectivity index (χ0v) is 6.42. The molecule has 0 bridgehead atoms. The first kappa shape index (κ1) is 7.03. The lowest BCUT2D eigenvalue weighted by atomic mass is 10.1. The summed E-state index contributed by atoms with van der Waals surface area (Å²) >= 11 is 0. The van der Waals surface area contributed by atoms with Crippen LogP contribution in [-0.4, -0.2) is 38.3 Å². The van der Waals surface area contributed by atoms with Crippen LogP contribution in [0.25, 0.3) is 0 Å². The molecule has 0 aromatic carbocycles. The minimum Gasteiger partial charge on any atom is -0.379 e. The van der Waals surface area contributed by atoms with Gasteiger partial charge >= 0.3 is 0 Å². The highest BCUT2D eigenvalue weighted by atomic mass is 16.5. The molecule has 1 saturated heterocycles. The van der Waals surface area contributed by atoms with E-state index in [1.165, 1.54) is 0 Å². The number of ether oxygens (including phenoxy) is 1. The Labute approximate surface area is 56.8 Å². The summed E-state index contributed by atoms with van der Waals surface area (Å²) in [5.74, 6) is 0.708. The molecule has 2 atom stereocenters. The Bertz CT molecular complexity index is 92.9. The maximum Gasteiger partial charge on any atom is 0.0625 e. The Hall–Kier alpha value is -0.0800. The van der Waals surface area contributed by atoms with Crippen molar-refractivity contribution in [3.05, 3.63) is 0 Å². The molecule has 2 heteroatoms. The standard InChI is InChI=1S/C7H15NO/c1-6-4-9-5-7(6)8(2)3/h6-7H,4-5H2,1-3H3/t6?,7-/m1/s1. The molecule has 1 unspecified atom stereocenters. The second-order valence-electron chi connectivity index (χ2n) is 3.05. The van der Waals surface area contributed by atoms with Gasteiger partial charge in [-0.2, -0.15) is 0 Å². The summed E-state index contributed by atoms with van der Waals surface area (Å²) in [5.41, 5.74) is 0. The molecular formula is C7H15NO. The van der Waals surface area contributed by atoms with Gasteiger partial charge in [0.25, 0.3) is 0 Å². The van der Waals surface area contributed by atoms with Crippen molar-refractivity contribution in [2.75, 3.05) is 27.3 Å². The minimum atomic E-state index is 0.644. The normalized spacial score (nSPS) is 36.0. The van der Waals surface area contributed by atoms with Crippen LogP contribution in [0.1, 0.15) is 6.92 Å². The predicted octanol–water partition coefficient (Wildman–Crippen LogP) is 0.583. The molecule has 9 heavy (non-hydrogen) atoms. The molecule has 0 aromatic rings. The van der Waals surface area contributed by atoms with Crippen molar-refractivity contribution in [1.29, 1.82) is 0 Å². The van der Waals surface area contributed by atoms with Gasteiger partial charge in [0.2, 0.25) is 0 Å². The van der Waals surface area contributed by atoms with E-state index >= 15 is 0 Å². The molecule has 0 aliphatic carbocycles. The molecule has 1 rings (SSSR count). The molecule has 1 fully saturated rings. The summed E-state index contributed by atoms with van der Waals surface area (Å²) in [4.78, 5) is 2.23. The molecule has 0 aromatic heterocycles. The Morgan fingerprint density at radius 1 is 1.33 bits per heavy atom. The lowest BCUT2D eigenvalue weighted by Gasteiger charge is -2.20. The Morgan fingerprint density at radius 2 is 2.00 bits per heavy atom. The average molecular weight is 129 g/mol. The smallest absolute Gasteiger partial charge is 0.0625 e. The number of rotatable bonds is 1. The lowest BCUT2D eigenvalue weighted by Crippen LogP contribution is -2.32. The Kier molecular flexibility index (Phi) is 2.09. The number of nitrogens with zero attached hydrogens (tertiary/aromatic N) is 1. The fourth-order valence-corrected chi connectivity index (χ4v) is 1.31. The minimum absolute atomic E-state index is 0.644. The fourth-order valence-electron chi connectivity index (χ4n) is 1.31. The van der Waals surface area contributed by atoms with E-state index in [0.29, 0.717) is 12.0 Å². The van der Waals surface area contributed by atoms with Crippen molar-refractivity contribution >= 4 is 0 Å². The predicted molar refractivity (Wildman–Crippen MR) is 37.5 cm³/mol. The van der Waals surface area contributed by atoms with Crippen LogP contribution in [0.3, 0.4) is 0 Å². The number of hydrogen-bond acceptors (Lipinski definition) is 2. The highest BCUT2D eigenvalue weighted by molar-refractivity contribution is 4.77. The molecule has 54 valence electrons. The van der Waals surface area contributed by atoms with Gasteiger partial charge in [-0.05, 0) is 20.0 Å².